The molecule has 182 valence electrons. The number of aliphatic hydroxyl groups is 1. The maximum Gasteiger partial charge on any atom is 0.248 e. The number of aromatic nitrogens is 1. The van der Waals surface area contributed by atoms with E-state index in [4.69, 9.17) is 9.47 Å². The van der Waals surface area contributed by atoms with Gasteiger partial charge in [-0.15, -0.1) is 0 Å². The van der Waals surface area contributed by atoms with E-state index in [9.17, 15) is 23.5 Å². The molecule has 0 fully saturated rings. The molecule has 0 aliphatic rings. The molecule has 2 amide bonds. The number of hydrogen-bond acceptors (Lipinski definition) is 7. The number of anilines is 1. The van der Waals surface area contributed by atoms with Gasteiger partial charge in [0.05, 0.1) is 11.3 Å². The summed E-state index contributed by atoms with van der Waals surface area (Å²) in [6.07, 6.45) is 1.69. The van der Waals surface area contributed by atoms with Crippen LogP contribution in [0.25, 0.3) is 0 Å². The molecule has 1 aromatic carbocycles. The fourth-order valence-corrected chi connectivity index (χ4v) is 4.04. The Bertz CT molecular complexity index is 930. The van der Waals surface area contributed by atoms with E-state index in [1.165, 1.54) is 20.4 Å². The highest BCUT2D eigenvalue weighted by Gasteiger charge is 2.30. The van der Waals surface area contributed by atoms with Gasteiger partial charge in [0.25, 0.3) is 0 Å². The lowest BCUT2D eigenvalue weighted by Gasteiger charge is -2.25. The molecule has 0 aliphatic heterocycles. The van der Waals surface area contributed by atoms with Crippen LogP contribution in [0.2, 0.25) is 0 Å². The van der Waals surface area contributed by atoms with Crippen molar-refractivity contribution in [1.82, 2.24) is 10.3 Å². The van der Waals surface area contributed by atoms with Crippen molar-refractivity contribution >= 4 is 28.3 Å². The third kappa shape index (κ3) is 8.11. The van der Waals surface area contributed by atoms with Gasteiger partial charge in [-0.25, -0.2) is 13.8 Å². The molecule has 2 unspecified atom stereocenters. The second-order valence-corrected chi connectivity index (χ2v) is 8.79. The van der Waals surface area contributed by atoms with Crippen molar-refractivity contribution in [2.75, 3.05) is 19.5 Å². The smallest absolute Gasteiger partial charge is 0.248 e. The number of benzene rings is 1. The van der Waals surface area contributed by atoms with Gasteiger partial charge in [0.2, 0.25) is 11.8 Å². The zero-order chi connectivity index (χ0) is 24.6. The molecule has 1 aromatic heterocycles. The first-order chi connectivity index (χ1) is 15.6. The van der Waals surface area contributed by atoms with Crippen molar-refractivity contribution in [3.63, 3.8) is 0 Å². The largest absolute Gasteiger partial charge is 0.384 e. The number of hydrogen-bond donors (Lipinski definition) is 3. The molecular formula is C22H29F2N3O5S. The summed E-state index contributed by atoms with van der Waals surface area (Å²) in [5.41, 5.74) is -1.13. The van der Waals surface area contributed by atoms with Gasteiger partial charge in [-0.3, -0.25) is 9.59 Å². The lowest BCUT2D eigenvalue weighted by Crippen LogP contribution is -2.44. The topological polar surface area (TPSA) is 110 Å². The molecule has 0 saturated heterocycles. The summed E-state index contributed by atoms with van der Waals surface area (Å²) < 4.78 is 37.0. The van der Waals surface area contributed by atoms with Crippen LogP contribution in [0.5, 0.6) is 0 Å². The average molecular weight is 486 g/mol. The van der Waals surface area contributed by atoms with Crippen LogP contribution in [-0.2, 0) is 31.1 Å². The van der Waals surface area contributed by atoms with Crippen molar-refractivity contribution in [2.45, 2.75) is 57.5 Å². The molecule has 0 spiro atoms. The molecule has 1 heterocycles. The number of nitrogens with one attached hydrogen (secondary N) is 2. The summed E-state index contributed by atoms with van der Waals surface area (Å²) >= 11 is 1.09. The SMILES string of the molecule is CCCC(NC(=O)Cc1cc(F)cc(F)c1)C(=O)Nc1ncc(C(C)(O)CC(OC)OC)s1. The number of rotatable bonds is 12. The zero-order valence-electron chi connectivity index (χ0n) is 19.0. The first kappa shape index (κ1) is 26.8. The first-order valence-electron chi connectivity index (χ1n) is 10.4. The normalized spacial score (nSPS) is 14.1. The maximum atomic E-state index is 13.4. The molecule has 0 bridgehead atoms. The van der Waals surface area contributed by atoms with Crippen LogP contribution >= 0.6 is 11.3 Å². The number of methoxy groups -OCH3 is 2. The number of amides is 2. The molecule has 33 heavy (non-hydrogen) atoms. The molecule has 0 saturated carbocycles. The number of thiazole rings is 1. The van der Waals surface area contributed by atoms with Gasteiger partial charge in [-0.05, 0) is 31.0 Å². The van der Waals surface area contributed by atoms with E-state index in [1.807, 2.05) is 6.92 Å². The molecule has 2 atom stereocenters. The highest BCUT2D eigenvalue weighted by molar-refractivity contribution is 7.15. The van der Waals surface area contributed by atoms with Gasteiger partial charge >= 0.3 is 0 Å². The number of carbonyl (C=O) groups is 2. The standard InChI is InChI=1S/C22H29F2N3O5S/c1-5-6-16(26-18(28)9-13-7-14(23)10-15(24)8-13)20(29)27-21-25-12-17(33-21)22(2,30)11-19(31-3)32-4/h7-8,10,12,16,19,30H,5-6,9,11H2,1-4H3,(H,26,28)(H,25,27,29). The Hall–Kier alpha value is -2.47. The minimum atomic E-state index is -1.30. The fraction of sp³-hybridized carbons (Fsp3) is 0.500. The summed E-state index contributed by atoms with van der Waals surface area (Å²) in [6, 6.07) is 2.00. The maximum absolute atomic E-state index is 13.4. The molecule has 2 rings (SSSR count). The summed E-state index contributed by atoms with van der Waals surface area (Å²) in [4.78, 5) is 29.8. The minimum absolute atomic E-state index is 0.158. The van der Waals surface area contributed by atoms with E-state index in [-0.39, 0.29) is 23.5 Å². The molecule has 8 nitrogen and oxygen atoms in total. The third-order valence-electron chi connectivity index (χ3n) is 4.87. The number of carbonyl (C=O) groups excluding carboxylic acids is 2. The van der Waals surface area contributed by atoms with E-state index in [0.717, 1.165) is 29.5 Å². The summed E-state index contributed by atoms with van der Waals surface area (Å²) in [7, 11) is 2.94. The lowest BCUT2D eigenvalue weighted by molar-refractivity contribution is -0.141. The van der Waals surface area contributed by atoms with Crippen LogP contribution in [0.15, 0.2) is 24.4 Å². The number of halogens is 2. The van der Waals surface area contributed by atoms with Crippen molar-refractivity contribution in [3.8, 4) is 0 Å². The Kier molecular flexibility index (Phi) is 9.84. The Morgan fingerprint density at radius 1 is 1.21 bits per heavy atom. The van der Waals surface area contributed by atoms with Crippen LogP contribution in [0.3, 0.4) is 0 Å². The zero-order valence-corrected chi connectivity index (χ0v) is 19.8. The van der Waals surface area contributed by atoms with Crippen LogP contribution in [0.1, 0.15) is 43.6 Å². The van der Waals surface area contributed by atoms with Crippen molar-refractivity contribution < 1.29 is 33.0 Å². The van der Waals surface area contributed by atoms with Crippen LogP contribution < -0.4 is 10.6 Å². The molecule has 11 heteroatoms. The summed E-state index contributed by atoms with van der Waals surface area (Å²) in [5.74, 6) is -2.58. The monoisotopic (exact) mass is 485 g/mol. The molecular weight excluding hydrogens is 456 g/mol. The molecule has 2 aromatic rings. The van der Waals surface area contributed by atoms with E-state index in [1.54, 1.807) is 6.92 Å². The summed E-state index contributed by atoms with van der Waals surface area (Å²) in [5, 5.41) is 16.2. The van der Waals surface area contributed by atoms with E-state index >= 15 is 0 Å². The van der Waals surface area contributed by atoms with Crippen LogP contribution in [-0.4, -0.2) is 48.5 Å². The van der Waals surface area contributed by atoms with Gasteiger partial charge in [0.1, 0.15) is 23.3 Å². The predicted molar refractivity (Wildman–Crippen MR) is 120 cm³/mol. The molecule has 0 radical (unpaired) electrons. The molecule has 0 aliphatic carbocycles. The van der Waals surface area contributed by atoms with Gasteiger partial charge in [-0.2, -0.15) is 0 Å². The molecule has 3 N–H and O–H groups in total. The fourth-order valence-electron chi connectivity index (χ4n) is 3.16. The van der Waals surface area contributed by atoms with Crippen molar-refractivity contribution in [1.29, 1.82) is 0 Å². The third-order valence-corrected chi connectivity index (χ3v) is 6.04. The number of ether oxygens (including phenoxy) is 2. The van der Waals surface area contributed by atoms with E-state index in [2.05, 4.69) is 15.6 Å². The minimum Gasteiger partial charge on any atom is -0.384 e. The second kappa shape index (κ2) is 12.1. The quantitative estimate of drug-likeness (QED) is 0.399. The number of nitrogens with zero attached hydrogens (tertiary/aromatic N) is 1. The highest BCUT2D eigenvalue weighted by Crippen LogP contribution is 2.33. The second-order valence-electron chi connectivity index (χ2n) is 7.76. The van der Waals surface area contributed by atoms with Crippen molar-refractivity contribution in [3.05, 3.63) is 46.5 Å². The van der Waals surface area contributed by atoms with E-state index in [0.29, 0.717) is 17.7 Å². The Morgan fingerprint density at radius 2 is 1.85 bits per heavy atom. The lowest BCUT2D eigenvalue weighted by atomic mass is 10.0. The van der Waals surface area contributed by atoms with Gasteiger partial charge < -0.3 is 25.2 Å². The summed E-state index contributed by atoms with van der Waals surface area (Å²) in [6.45, 7) is 3.45. The predicted octanol–water partition coefficient (Wildman–Crippen LogP) is 3.10. The highest BCUT2D eigenvalue weighted by atomic mass is 32.1. The van der Waals surface area contributed by atoms with Gasteiger partial charge in [0, 0.05) is 32.9 Å². The van der Waals surface area contributed by atoms with Gasteiger partial charge in [0.15, 0.2) is 11.4 Å². The van der Waals surface area contributed by atoms with E-state index < -0.39 is 41.4 Å². The Labute approximate surface area is 195 Å². The Morgan fingerprint density at radius 3 is 2.42 bits per heavy atom. The van der Waals surface area contributed by atoms with Crippen LogP contribution in [0, 0.1) is 11.6 Å². The van der Waals surface area contributed by atoms with Crippen LogP contribution in [0.4, 0.5) is 13.9 Å². The first-order valence-corrected chi connectivity index (χ1v) is 11.2. The van der Waals surface area contributed by atoms with Crippen molar-refractivity contribution in [2.24, 2.45) is 0 Å². The van der Waals surface area contributed by atoms with Gasteiger partial charge in [-0.1, -0.05) is 24.7 Å². The average Bonchev–Trinajstić information content (AvgIpc) is 3.20. The Balaban J connectivity index is 2.03.